The van der Waals surface area contributed by atoms with E-state index in [1.54, 1.807) is 4.90 Å². The van der Waals surface area contributed by atoms with Crippen molar-refractivity contribution in [3.63, 3.8) is 0 Å². The largest absolute Gasteiger partial charge is 0.380 e. The molecule has 1 aliphatic rings. The maximum absolute atomic E-state index is 11.9. The lowest BCUT2D eigenvalue weighted by Gasteiger charge is -2.34. The zero-order valence-electron chi connectivity index (χ0n) is 12.3. The van der Waals surface area contributed by atoms with Crippen molar-refractivity contribution < 1.29 is 14.3 Å². The first kappa shape index (κ1) is 16.0. The summed E-state index contributed by atoms with van der Waals surface area (Å²) in [5.41, 5.74) is 0. The molecule has 0 aromatic carbocycles. The molecule has 1 atom stereocenters. The van der Waals surface area contributed by atoms with Gasteiger partial charge in [0, 0.05) is 13.2 Å². The van der Waals surface area contributed by atoms with E-state index in [2.05, 4.69) is 19.2 Å². The van der Waals surface area contributed by atoms with Crippen molar-refractivity contribution in [2.24, 2.45) is 5.92 Å². The molecule has 1 aliphatic heterocycles. The molecule has 1 saturated heterocycles. The summed E-state index contributed by atoms with van der Waals surface area (Å²) in [4.78, 5) is 25.3. The van der Waals surface area contributed by atoms with E-state index in [-0.39, 0.29) is 24.4 Å². The molecule has 110 valence electrons. The molecule has 1 fully saturated rings. The second kappa shape index (κ2) is 8.15. The Morgan fingerprint density at radius 3 is 2.74 bits per heavy atom. The van der Waals surface area contributed by atoms with Crippen molar-refractivity contribution in [3.05, 3.63) is 0 Å². The predicted molar refractivity (Wildman–Crippen MR) is 73.7 cm³/mol. The van der Waals surface area contributed by atoms with Crippen molar-refractivity contribution in [1.29, 1.82) is 0 Å². The summed E-state index contributed by atoms with van der Waals surface area (Å²) >= 11 is 0. The summed E-state index contributed by atoms with van der Waals surface area (Å²) in [6, 6.07) is -0.319. The third-order valence-electron chi connectivity index (χ3n) is 3.29. The maximum Gasteiger partial charge on any atom is 0.243 e. The Morgan fingerprint density at radius 2 is 2.11 bits per heavy atom. The van der Waals surface area contributed by atoms with Crippen LogP contribution in [0, 0.1) is 5.92 Å². The fraction of sp³-hybridized carbons (Fsp3) is 0.857. The number of carbonyl (C=O) groups is 2. The summed E-state index contributed by atoms with van der Waals surface area (Å²) in [5.74, 6) is 0.573. The Kier molecular flexibility index (Phi) is 6.84. The molecule has 0 aliphatic carbocycles. The van der Waals surface area contributed by atoms with Gasteiger partial charge in [0.15, 0.2) is 0 Å². The van der Waals surface area contributed by atoms with Gasteiger partial charge in [-0.3, -0.25) is 9.59 Å². The Morgan fingerprint density at radius 1 is 1.37 bits per heavy atom. The monoisotopic (exact) mass is 270 g/mol. The van der Waals surface area contributed by atoms with E-state index >= 15 is 0 Å². The van der Waals surface area contributed by atoms with Crippen LogP contribution in [0.5, 0.6) is 0 Å². The molecule has 19 heavy (non-hydrogen) atoms. The molecular weight excluding hydrogens is 244 g/mol. The van der Waals surface area contributed by atoms with Crippen LogP contribution in [0.1, 0.15) is 40.0 Å². The second-order valence-electron chi connectivity index (χ2n) is 5.40. The van der Waals surface area contributed by atoms with Crippen molar-refractivity contribution in [3.8, 4) is 0 Å². The van der Waals surface area contributed by atoms with Crippen LogP contribution in [0.15, 0.2) is 0 Å². The Balaban J connectivity index is 2.38. The Bertz CT molecular complexity index is 305. The first-order chi connectivity index (χ1) is 9.06. The third kappa shape index (κ3) is 5.19. The average Bonchev–Trinajstić information content (AvgIpc) is 2.36. The SMILES string of the molecule is CCCC1C(=O)NCC(=O)N1CCOCCC(C)C. The molecular formula is C14H26N2O3. The number of amides is 2. The predicted octanol–water partition coefficient (Wildman–Crippen LogP) is 1.18. The highest BCUT2D eigenvalue weighted by atomic mass is 16.5. The van der Waals surface area contributed by atoms with E-state index in [1.807, 2.05) is 6.92 Å². The van der Waals surface area contributed by atoms with E-state index in [0.717, 1.165) is 12.8 Å². The highest BCUT2D eigenvalue weighted by Gasteiger charge is 2.33. The molecule has 0 spiro atoms. The summed E-state index contributed by atoms with van der Waals surface area (Å²) in [5, 5.41) is 2.64. The van der Waals surface area contributed by atoms with Crippen LogP contribution < -0.4 is 5.32 Å². The van der Waals surface area contributed by atoms with Crippen LogP contribution in [-0.4, -0.2) is 49.1 Å². The number of rotatable bonds is 8. The number of ether oxygens (including phenoxy) is 1. The van der Waals surface area contributed by atoms with Gasteiger partial charge < -0.3 is 15.0 Å². The van der Waals surface area contributed by atoms with E-state index in [9.17, 15) is 9.59 Å². The molecule has 5 heteroatoms. The van der Waals surface area contributed by atoms with Gasteiger partial charge >= 0.3 is 0 Å². The van der Waals surface area contributed by atoms with E-state index in [0.29, 0.717) is 32.1 Å². The average molecular weight is 270 g/mol. The molecule has 0 bridgehead atoms. The minimum Gasteiger partial charge on any atom is -0.380 e. The molecule has 1 rings (SSSR count). The summed E-state index contributed by atoms with van der Waals surface area (Å²) < 4.78 is 5.53. The molecule has 0 aromatic heterocycles. The molecule has 1 heterocycles. The topological polar surface area (TPSA) is 58.6 Å². The van der Waals surface area contributed by atoms with Gasteiger partial charge in [0.2, 0.25) is 11.8 Å². The van der Waals surface area contributed by atoms with E-state index in [4.69, 9.17) is 4.74 Å². The van der Waals surface area contributed by atoms with Gasteiger partial charge in [-0.2, -0.15) is 0 Å². The number of nitrogens with zero attached hydrogens (tertiary/aromatic N) is 1. The molecule has 0 radical (unpaired) electrons. The number of hydrogen-bond donors (Lipinski definition) is 1. The van der Waals surface area contributed by atoms with Crippen LogP contribution in [-0.2, 0) is 14.3 Å². The van der Waals surface area contributed by atoms with Crippen molar-refractivity contribution in [2.75, 3.05) is 26.3 Å². The van der Waals surface area contributed by atoms with Crippen LogP contribution in [0.4, 0.5) is 0 Å². The lowest BCUT2D eigenvalue weighted by atomic mass is 10.1. The van der Waals surface area contributed by atoms with Gasteiger partial charge in [-0.05, 0) is 18.8 Å². The van der Waals surface area contributed by atoms with Crippen molar-refractivity contribution in [2.45, 2.75) is 46.1 Å². The molecule has 2 amide bonds. The third-order valence-corrected chi connectivity index (χ3v) is 3.29. The zero-order chi connectivity index (χ0) is 14.3. The van der Waals surface area contributed by atoms with Crippen LogP contribution >= 0.6 is 0 Å². The molecule has 5 nitrogen and oxygen atoms in total. The lowest BCUT2D eigenvalue weighted by molar-refractivity contribution is -0.146. The normalized spacial score (nSPS) is 20.0. The first-order valence-electron chi connectivity index (χ1n) is 7.21. The van der Waals surface area contributed by atoms with Gasteiger partial charge in [0.25, 0.3) is 0 Å². The Labute approximate surface area is 115 Å². The fourth-order valence-corrected chi connectivity index (χ4v) is 2.12. The summed E-state index contributed by atoms with van der Waals surface area (Å²) in [6.45, 7) is 8.16. The second-order valence-corrected chi connectivity index (χ2v) is 5.40. The minimum atomic E-state index is -0.319. The van der Waals surface area contributed by atoms with Crippen LogP contribution in [0.2, 0.25) is 0 Å². The highest BCUT2D eigenvalue weighted by Crippen LogP contribution is 2.11. The van der Waals surface area contributed by atoms with Gasteiger partial charge in [-0.25, -0.2) is 0 Å². The highest BCUT2D eigenvalue weighted by molar-refractivity contribution is 5.94. The van der Waals surface area contributed by atoms with E-state index < -0.39 is 0 Å². The quantitative estimate of drug-likeness (QED) is 0.674. The summed E-state index contributed by atoms with van der Waals surface area (Å²) in [6.07, 6.45) is 2.62. The van der Waals surface area contributed by atoms with Gasteiger partial charge in [0.05, 0.1) is 13.2 Å². The van der Waals surface area contributed by atoms with Gasteiger partial charge in [-0.15, -0.1) is 0 Å². The maximum atomic E-state index is 11.9. The van der Waals surface area contributed by atoms with E-state index in [1.165, 1.54) is 0 Å². The van der Waals surface area contributed by atoms with Gasteiger partial charge in [0.1, 0.15) is 6.04 Å². The smallest absolute Gasteiger partial charge is 0.243 e. The molecule has 0 saturated carbocycles. The van der Waals surface area contributed by atoms with Crippen LogP contribution in [0.3, 0.4) is 0 Å². The summed E-state index contributed by atoms with van der Waals surface area (Å²) in [7, 11) is 0. The fourth-order valence-electron chi connectivity index (χ4n) is 2.12. The van der Waals surface area contributed by atoms with Crippen molar-refractivity contribution in [1.82, 2.24) is 10.2 Å². The number of carbonyl (C=O) groups excluding carboxylic acids is 2. The number of hydrogen-bond acceptors (Lipinski definition) is 3. The Hall–Kier alpha value is -1.10. The molecule has 0 aromatic rings. The first-order valence-corrected chi connectivity index (χ1v) is 7.21. The zero-order valence-corrected chi connectivity index (χ0v) is 12.3. The van der Waals surface area contributed by atoms with Gasteiger partial charge in [-0.1, -0.05) is 27.2 Å². The number of nitrogens with one attached hydrogen (secondary N) is 1. The minimum absolute atomic E-state index is 0.00879. The lowest BCUT2D eigenvalue weighted by Crippen LogP contribution is -2.58. The number of piperazine rings is 1. The molecule has 1 unspecified atom stereocenters. The van der Waals surface area contributed by atoms with Crippen LogP contribution in [0.25, 0.3) is 0 Å². The molecule has 1 N–H and O–H groups in total. The van der Waals surface area contributed by atoms with Crippen molar-refractivity contribution >= 4 is 11.8 Å². The standard InChI is InChI=1S/C14H26N2O3/c1-4-5-12-14(18)15-10-13(17)16(12)7-9-19-8-6-11(2)3/h11-12H,4-10H2,1-3H3,(H,15,18).